The summed E-state index contributed by atoms with van der Waals surface area (Å²) in [6.07, 6.45) is 7.32. The van der Waals surface area contributed by atoms with E-state index in [0.29, 0.717) is 23.3 Å². The summed E-state index contributed by atoms with van der Waals surface area (Å²) in [5, 5.41) is 7.15. The van der Waals surface area contributed by atoms with Gasteiger partial charge in [-0.15, -0.1) is 0 Å². The molecular formula is C16H26N4O. The summed E-state index contributed by atoms with van der Waals surface area (Å²) in [6, 6.07) is 0.401. The number of carbonyl (C=O) groups is 1. The minimum Gasteiger partial charge on any atom is -0.395 e. The molecule has 1 aromatic heterocycles. The van der Waals surface area contributed by atoms with Gasteiger partial charge in [0, 0.05) is 12.6 Å². The standard InChI is InChI=1S/C16H26N4O/c1-10(2)14-13(17)15(19-18-14)16(21)20-9-5-7-11-6-3-4-8-12(11)20/h10-12H,3-9,17H2,1-2H3,(H,18,19). The molecule has 2 heterocycles. The van der Waals surface area contributed by atoms with Crippen LogP contribution in [0.3, 0.4) is 0 Å². The number of hydrogen-bond donors (Lipinski definition) is 2. The molecule has 1 saturated heterocycles. The predicted molar refractivity (Wildman–Crippen MR) is 83.1 cm³/mol. The molecule has 2 unspecified atom stereocenters. The van der Waals surface area contributed by atoms with E-state index in [1.54, 1.807) is 0 Å². The molecule has 2 fully saturated rings. The Balaban J connectivity index is 1.84. The van der Waals surface area contributed by atoms with Crippen LogP contribution in [0.25, 0.3) is 0 Å². The average molecular weight is 290 g/mol. The maximum atomic E-state index is 12.9. The highest BCUT2D eigenvalue weighted by Gasteiger charge is 2.37. The molecule has 1 aromatic rings. The number of nitrogens with zero attached hydrogens (tertiary/aromatic N) is 2. The minimum absolute atomic E-state index is 0.0206. The van der Waals surface area contributed by atoms with Gasteiger partial charge in [-0.3, -0.25) is 9.89 Å². The van der Waals surface area contributed by atoms with E-state index in [2.05, 4.69) is 24.0 Å². The first-order valence-corrected chi connectivity index (χ1v) is 8.24. The lowest BCUT2D eigenvalue weighted by molar-refractivity contribution is 0.0386. The Kier molecular flexibility index (Phi) is 3.91. The van der Waals surface area contributed by atoms with Crippen LogP contribution in [0.1, 0.15) is 74.5 Å². The van der Waals surface area contributed by atoms with E-state index < -0.39 is 0 Å². The van der Waals surface area contributed by atoms with Crippen LogP contribution in [0.2, 0.25) is 0 Å². The van der Waals surface area contributed by atoms with Gasteiger partial charge >= 0.3 is 0 Å². The molecule has 116 valence electrons. The van der Waals surface area contributed by atoms with Crippen molar-refractivity contribution in [2.45, 2.75) is 64.3 Å². The molecule has 0 bridgehead atoms. The Labute approximate surface area is 126 Å². The Bertz CT molecular complexity index is 520. The van der Waals surface area contributed by atoms with Crippen molar-refractivity contribution in [3.8, 4) is 0 Å². The zero-order valence-corrected chi connectivity index (χ0v) is 13.1. The molecule has 21 heavy (non-hydrogen) atoms. The van der Waals surface area contributed by atoms with E-state index in [1.807, 2.05) is 4.90 Å². The first-order valence-electron chi connectivity index (χ1n) is 8.24. The van der Waals surface area contributed by atoms with Gasteiger partial charge in [-0.25, -0.2) is 0 Å². The lowest BCUT2D eigenvalue weighted by Gasteiger charge is -2.43. The first kappa shape index (κ1) is 14.4. The smallest absolute Gasteiger partial charge is 0.276 e. The number of rotatable bonds is 2. The van der Waals surface area contributed by atoms with Gasteiger partial charge in [0.1, 0.15) is 0 Å². The fraction of sp³-hybridized carbons (Fsp3) is 0.750. The van der Waals surface area contributed by atoms with Crippen LogP contribution < -0.4 is 5.73 Å². The SMILES string of the molecule is CC(C)c1[nH]nc(C(=O)N2CCCC3CCCCC32)c1N. The van der Waals surface area contributed by atoms with Crippen molar-refractivity contribution in [2.24, 2.45) is 5.92 Å². The van der Waals surface area contributed by atoms with E-state index >= 15 is 0 Å². The Hall–Kier alpha value is -1.52. The van der Waals surface area contributed by atoms with Gasteiger partial charge < -0.3 is 10.6 Å². The van der Waals surface area contributed by atoms with Crippen LogP contribution in [-0.4, -0.2) is 33.6 Å². The number of H-pyrrole nitrogens is 1. The molecule has 0 aromatic carbocycles. The molecule has 1 aliphatic carbocycles. The Morgan fingerprint density at radius 3 is 2.71 bits per heavy atom. The minimum atomic E-state index is 0.0206. The van der Waals surface area contributed by atoms with Gasteiger partial charge in [0.2, 0.25) is 0 Å². The van der Waals surface area contributed by atoms with Crippen molar-refractivity contribution in [3.05, 3.63) is 11.4 Å². The van der Waals surface area contributed by atoms with Crippen molar-refractivity contribution in [2.75, 3.05) is 12.3 Å². The van der Waals surface area contributed by atoms with E-state index in [9.17, 15) is 4.79 Å². The van der Waals surface area contributed by atoms with Crippen LogP contribution >= 0.6 is 0 Å². The number of nitrogens with two attached hydrogens (primary N) is 1. The third kappa shape index (κ3) is 2.54. The number of aromatic amines is 1. The number of nitrogens with one attached hydrogen (secondary N) is 1. The number of likely N-dealkylation sites (tertiary alicyclic amines) is 1. The molecule has 0 spiro atoms. The maximum Gasteiger partial charge on any atom is 0.276 e. The number of fused-ring (bicyclic) bond motifs is 1. The fourth-order valence-corrected chi connectivity index (χ4v) is 3.98. The summed E-state index contributed by atoms with van der Waals surface area (Å²) >= 11 is 0. The molecule has 1 saturated carbocycles. The van der Waals surface area contributed by atoms with Crippen molar-refractivity contribution in [1.29, 1.82) is 0 Å². The van der Waals surface area contributed by atoms with Crippen molar-refractivity contribution >= 4 is 11.6 Å². The fourth-order valence-electron chi connectivity index (χ4n) is 3.98. The lowest BCUT2D eigenvalue weighted by atomic mass is 9.78. The molecule has 1 aliphatic heterocycles. The highest BCUT2D eigenvalue weighted by Crippen LogP contribution is 2.36. The lowest BCUT2D eigenvalue weighted by Crippen LogP contribution is -2.49. The Morgan fingerprint density at radius 2 is 2.00 bits per heavy atom. The van der Waals surface area contributed by atoms with Crippen LogP contribution in [0, 0.1) is 5.92 Å². The van der Waals surface area contributed by atoms with Crippen LogP contribution in [0.15, 0.2) is 0 Å². The molecular weight excluding hydrogens is 264 g/mol. The highest BCUT2D eigenvalue weighted by atomic mass is 16.2. The zero-order chi connectivity index (χ0) is 15.0. The summed E-state index contributed by atoms with van der Waals surface area (Å²) in [4.78, 5) is 14.9. The van der Waals surface area contributed by atoms with Gasteiger partial charge in [0.15, 0.2) is 5.69 Å². The van der Waals surface area contributed by atoms with Gasteiger partial charge in [-0.05, 0) is 37.5 Å². The van der Waals surface area contributed by atoms with Gasteiger partial charge in [0.25, 0.3) is 5.91 Å². The zero-order valence-electron chi connectivity index (χ0n) is 13.1. The maximum absolute atomic E-state index is 12.9. The quantitative estimate of drug-likeness (QED) is 0.879. The number of anilines is 1. The second-order valence-corrected chi connectivity index (χ2v) is 6.81. The largest absolute Gasteiger partial charge is 0.395 e. The van der Waals surface area contributed by atoms with E-state index in [4.69, 9.17) is 5.73 Å². The second-order valence-electron chi connectivity index (χ2n) is 6.81. The van der Waals surface area contributed by atoms with E-state index in [0.717, 1.165) is 25.1 Å². The van der Waals surface area contributed by atoms with Gasteiger partial charge in [-0.1, -0.05) is 26.7 Å². The topological polar surface area (TPSA) is 75.0 Å². The van der Waals surface area contributed by atoms with Crippen LogP contribution in [0.5, 0.6) is 0 Å². The molecule has 1 amide bonds. The number of carbonyl (C=O) groups excluding carboxylic acids is 1. The van der Waals surface area contributed by atoms with E-state index in [-0.39, 0.29) is 11.8 Å². The van der Waals surface area contributed by atoms with E-state index in [1.165, 1.54) is 25.7 Å². The number of nitrogen functional groups attached to an aromatic ring is 1. The number of amides is 1. The monoisotopic (exact) mass is 290 g/mol. The van der Waals surface area contributed by atoms with Crippen LogP contribution in [0.4, 0.5) is 5.69 Å². The van der Waals surface area contributed by atoms with Gasteiger partial charge in [-0.2, -0.15) is 5.10 Å². The molecule has 3 rings (SSSR count). The summed E-state index contributed by atoms with van der Waals surface area (Å²) in [7, 11) is 0. The molecule has 3 N–H and O–H groups in total. The molecule has 5 nitrogen and oxygen atoms in total. The number of aromatic nitrogens is 2. The summed E-state index contributed by atoms with van der Waals surface area (Å²) < 4.78 is 0. The summed E-state index contributed by atoms with van der Waals surface area (Å²) in [5.74, 6) is 0.955. The average Bonchev–Trinajstić information content (AvgIpc) is 2.88. The number of hydrogen-bond acceptors (Lipinski definition) is 3. The van der Waals surface area contributed by atoms with Crippen molar-refractivity contribution < 1.29 is 4.79 Å². The Morgan fingerprint density at radius 1 is 1.29 bits per heavy atom. The first-order chi connectivity index (χ1) is 10.1. The third-order valence-corrected chi connectivity index (χ3v) is 5.12. The summed E-state index contributed by atoms with van der Waals surface area (Å²) in [5.41, 5.74) is 7.97. The van der Waals surface area contributed by atoms with Gasteiger partial charge in [0.05, 0.1) is 11.4 Å². The third-order valence-electron chi connectivity index (χ3n) is 5.12. The predicted octanol–water partition coefficient (Wildman–Crippen LogP) is 2.91. The van der Waals surface area contributed by atoms with Crippen molar-refractivity contribution in [1.82, 2.24) is 15.1 Å². The molecule has 0 radical (unpaired) electrons. The second kappa shape index (κ2) is 5.70. The molecule has 2 atom stereocenters. The summed E-state index contributed by atoms with van der Waals surface area (Å²) in [6.45, 7) is 4.95. The molecule has 5 heteroatoms. The van der Waals surface area contributed by atoms with Crippen LogP contribution in [-0.2, 0) is 0 Å². The molecule has 2 aliphatic rings. The highest BCUT2D eigenvalue weighted by molar-refractivity contribution is 5.98. The van der Waals surface area contributed by atoms with Crippen molar-refractivity contribution in [3.63, 3.8) is 0 Å². The number of piperidine rings is 1. The normalized spacial score (nSPS) is 26.0.